The van der Waals surface area contributed by atoms with Gasteiger partial charge in [-0.1, -0.05) is 12.1 Å². The first-order valence-corrected chi connectivity index (χ1v) is 7.65. The molecule has 0 radical (unpaired) electrons. The van der Waals surface area contributed by atoms with Gasteiger partial charge in [0.05, 0.1) is 23.5 Å². The Morgan fingerprint density at radius 3 is 2.58 bits per heavy atom. The van der Waals surface area contributed by atoms with Crippen LogP contribution in [0, 0.1) is 11.3 Å². The molecule has 2 amide bonds. The van der Waals surface area contributed by atoms with Gasteiger partial charge in [0.2, 0.25) is 11.8 Å². The van der Waals surface area contributed by atoms with E-state index >= 15 is 0 Å². The van der Waals surface area contributed by atoms with Gasteiger partial charge in [0, 0.05) is 11.4 Å². The van der Waals surface area contributed by atoms with E-state index < -0.39 is 5.41 Å². The number of amides is 2. The summed E-state index contributed by atoms with van der Waals surface area (Å²) in [6.45, 7) is 3.74. The number of hydrogen-bond donors (Lipinski definition) is 2. The van der Waals surface area contributed by atoms with E-state index in [0.29, 0.717) is 11.3 Å². The molecule has 0 saturated heterocycles. The Kier molecular flexibility index (Phi) is 3.82. The Hall–Kier alpha value is -3.13. The molecule has 2 aromatic carbocycles. The molecule has 0 bridgehead atoms. The van der Waals surface area contributed by atoms with Crippen LogP contribution in [-0.4, -0.2) is 11.8 Å². The highest BCUT2D eigenvalue weighted by Gasteiger charge is 2.38. The third kappa shape index (κ3) is 2.86. The highest BCUT2D eigenvalue weighted by molar-refractivity contribution is 6.05. The van der Waals surface area contributed by atoms with Crippen molar-refractivity contribution in [2.75, 3.05) is 10.6 Å². The van der Waals surface area contributed by atoms with Gasteiger partial charge in [0.1, 0.15) is 0 Å². The summed E-state index contributed by atoms with van der Waals surface area (Å²) >= 11 is 0. The molecule has 0 aliphatic carbocycles. The minimum Gasteiger partial charge on any atom is -0.326 e. The third-order valence-electron chi connectivity index (χ3n) is 4.24. The second kappa shape index (κ2) is 5.82. The molecular formula is C19H17N3O2. The standard InChI is InChI=1S/C19H17N3O2/c1-19(2)15-9-13(5-8-16(15)22-18(19)24)10-17(23)21-14-6-3-12(11-20)4-7-14/h3-9H,10H2,1-2H3,(H,21,23)(H,22,24). The van der Waals surface area contributed by atoms with Crippen molar-refractivity contribution < 1.29 is 9.59 Å². The van der Waals surface area contributed by atoms with Gasteiger partial charge >= 0.3 is 0 Å². The van der Waals surface area contributed by atoms with Crippen molar-refractivity contribution in [2.45, 2.75) is 25.7 Å². The van der Waals surface area contributed by atoms with Crippen molar-refractivity contribution in [3.8, 4) is 6.07 Å². The number of hydrogen-bond acceptors (Lipinski definition) is 3. The van der Waals surface area contributed by atoms with Crippen molar-refractivity contribution in [3.63, 3.8) is 0 Å². The van der Waals surface area contributed by atoms with Crippen molar-refractivity contribution in [1.82, 2.24) is 0 Å². The first-order chi connectivity index (χ1) is 11.4. The zero-order chi connectivity index (χ0) is 17.3. The summed E-state index contributed by atoms with van der Waals surface area (Å²) in [5.74, 6) is -0.175. The molecule has 5 heteroatoms. The zero-order valence-electron chi connectivity index (χ0n) is 13.5. The molecule has 3 rings (SSSR count). The summed E-state index contributed by atoms with van der Waals surface area (Å²) in [6, 6.07) is 14.3. The van der Waals surface area contributed by atoms with Crippen molar-refractivity contribution in [1.29, 1.82) is 5.26 Å². The fourth-order valence-electron chi connectivity index (χ4n) is 2.75. The number of rotatable bonds is 3. The predicted molar refractivity (Wildman–Crippen MR) is 91.6 cm³/mol. The average Bonchev–Trinajstić information content (AvgIpc) is 2.78. The number of fused-ring (bicyclic) bond motifs is 1. The van der Waals surface area contributed by atoms with Crippen molar-refractivity contribution in [2.24, 2.45) is 0 Å². The molecule has 0 unspecified atom stereocenters. The number of anilines is 2. The molecule has 0 spiro atoms. The van der Waals surface area contributed by atoms with Crippen LogP contribution in [0.1, 0.15) is 30.5 Å². The monoisotopic (exact) mass is 319 g/mol. The number of nitrogens with one attached hydrogen (secondary N) is 2. The Morgan fingerprint density at radius 1 is 1.21 bits per heavy atom. The Morgan fingerprint density at radius 2 is 1.92 bits per heavy atom. The van der Waals surface area contributed by atoms with E-state index in [1.54, 1.807) is 24.3 Å². The second-order valence-electron chi connectivity index (χ2n) is 6.37. The quantitative estimate of drug-likeness (QED) is 0.912. The van der Waals surface area contributed by atoms with E-state index in [-0.39, 0.29) is 18.2 Å². The van der Waals surface area contributed by atoms with Gasteiger partial charge in [-0.2, -0.15) is 5.26 Å². The van der Waals surface area contributed by atoms with Gasteiger partial charge in [-0.3, -0.25) is 9.59 Å². The maximum atomic E-state index is 12.2. The Balaban J connectivity index is 1.73. The first-order valence-electron chi connectivity index (χ1n) is 7.65. The highest BCUT2D eigenvalue weighted by atomic mass is 16.2. The molecule has 5 nitrogen and oxygen atoms in total. The summed E-state index contributed by atoms with van der Waals surface area (Å²) in [7, 11) is 0. The third-order valence-corrected chi connectivity index (χ3v) is 4.24. The van der Waals surface area contributed by atoms with Crippen LogP contribution in [0.2, 0.25) is 0 Å². The summed E-state index contributed by atoms with van der Waals surface area (Å²) in [5, 5.41) is 14.4. The lowest BCUT2D eigenvalue weighted by Gasteiger charge is -2.15. The molecule has 0 atom stereocenters. The summed E-state index contributed by atoms with van der Waals surface area (Å²) in [6.07, 6.45) is 0.220. The van der Waals surface area contributed by atoms with E-state index in [2.05, 4.69) is 10.6 Å². The predicted octanol–water partition coefficient (Wildman–Crippen LogP) is 2.97. The van der Waals surface area contributed by atoms with Crippen LogP contribution >= 0.6 is 0 Å². The average molecular weight is 319 g/mol. The minimum atomic E-state index is -0.588. The molecule has 0 fully saturated rings. The van der Waals surface area contributed by atoms with Gasteiger partial charge in [0.15, 0.2) is 0 Å². The largest absolute Gasteiger partial charge is 0.326 e. The SMILES string of the molecule is CC1(C)C(=O)Nc2ccc(CC(=O)Nc3ccc(C#N)cc3)cc21. The van der Waals surface area contributed by atoms with Gasteiger partial charge in [-0.15, -0.1) is 0 Å². The molecule has 0 saturated carbocycles. The van der Waals surface area contributed by atoms with Crippen LogP contribution in [0.5, 0.6) is 0 Å². The van der Waals surface area contributed by atoms with Gasteiger partial charge in [-0.05, 0) is 55.3 Å². The lowest BCUT2D eigenvalue weighted by molar-refractivity contribution is -0.119. The molecule has 0 aromatic heterocycles. The molecule has 1 aliphatic heterocycles. The van der Waals surface area contributed by atoms with Crippen LogP contribution in [0.25, 0.3) is 0 Å². The fraction of sp³-hybridized carbons (Fsp3) is 0.211. The van der Waals surface area contributed by atoms with Gasteiger partial charge in [0.25, 0.3) is 0 Å². The van der Waals surface area contributed by atoms with Crippen molar-refractivity contribution in [3.05, 3.63) is 59.2 Å². The number of nitrogens with zero attached hydrogens (tertiary/aromatic N) is 1. The normalized spacial score (nSPS) is 14.5. The van der Waals surface area contributed by atoms with Crippen LogP contribution in [0.15, 0.2) is 42.5 Å². The van der Waals surface area contributed by atoms with E-state index in [9.17, 15) is 9.59 Å². The molecule has 1 heterocycles. The van der Waals surface area contributed by atoms with Gasteiger partial charge in [-0.25, -0.2) is 0 Å². The zero-order valence-corrected chi connectivity index (χ0v) is 13.5. The number of benzene rings is 2. The fourth-order valence-corrected chi connectivity index (χ4v) is 2.75. The van der Waals surface area contributed by atoms with Crippen LogP contribution < -0.4 is 10.6 Å². The summed E-state index contributed by atoms with van der Waals surface area (Å²) in [5.41, 5.74) is 3.18. The summed E-state index contributed by atoms with van der Waals surface area (Å²) < 4.78 is 0. The number of carbonyl (C=O) groups is 2. The lowest BCUT2D eigenvalue weighted by atomic mass is 9.85. The number of carbonyl (C=O) groups excluding carboxylic acids is 2. The first kappa shape index (κ1) is 15.8. The Bertz CT molecular complexity index is 861. The van der Waals surface area contributed by atoms with Crippen LogP contribution in [-0.2, 0) is 21.4 Å². The van der Waals surface area contributed by atoms with Crippen molar-refractivity contribution >= 4 is 23.2 Å². The smallest absolute Gasteiger partial charge is 0.234 e. The second-order valence-corrected chi connectivity index (χ2v) is 6.37. The molecule has 120 valence electrons. The Labute approximate surface area is 140 Å². The van der Waals surface area contributed by atoms with E-state index in [0.717, 1.165) is 16.8 Å². The maximum absolute atomic E-state index is 12.2. The summed E-state index contributed by atoms with van der Waals surface area (Å²) in [4.78, 5) is 24.2. The minimum absolute atomic E-state index is 0.0308. The molecule has 2 aromatic rings. The maximum Gasteiger partial charge on any atom is 0.234 e. The van der Waals surface area contributed by atoms with Crippen LogP contribution in [0.4, 0.5) is 11.4 Å². The van der Waals surface area contributed by atoms with E-state index in [4.69, 9.17) is 5.26 Å². The topological polar surface area (TPSA) is 82.0 Å². The number of nitriles is 1. The molecule has 24 heavy (non-hydrogen) atoms. The van der Waals surface area contributed by atoms with E-state index in [1.165, 1.54) is 0 Å². The molecule has 1 aliphatic rings. The van der Waals surface area contributed by atoms with Gasteiger partial charge < -0.3 is 10.6 Å². The highest BCUT2D eigenvalue weighted by Crippen LogP contribution is 2.37. The van der Waals surface area contributed by atoms with E-state index in [1.807, 2.05) is 38.1 Å². The van der Waals surface area contributed by atoms with Crippen LogP contribution in [0.3, 0.4) is 0 Å². The lowest BCUT2D eigenvalue weighted by Crippen LogP contribution is -2.27. The molecule has 2 N–H and O–H groups in total. The molecular weight excluding hydrogens is 302 g/mol.